The number of halogens is 1. The lowest BCUT2D eigenvalue weighted by atomic mass is 9.80. The topological polar surface area (TPSA) is 101 Å². The molecule has 2 aromatic rings. The van der Waals surface area contributed by atoms with Crippen molar-refractivity contribution in [2.75, 3.05) is 6.54 Å². The van der Waals surface area contributed by atoms with E-state index in [1.165, 1.54) is 10.4 Å². The fraction of sp³-hybridized carbons (Fsp3) is 0.524. The molecule has 8 heteroatoms. The zero-order valence-corrected chi connectivity index (χ0v) is 17.0. The van der Waals surface area contributed by atoms with Crippen molar-refractivity contribution in [1.29, 1.82) is 0 Å². The molecule has 0 spiro atoms. The Labute approximate surface area is 170 Å². The third-order valence-corrected chi connectivity index (χ3v) is 7.93. The Balaban J connectivity index is 1.66. The van der Waals surface area contributed by atoms with Gasteiger partial charge in [-0.3, -0.25) is 14.3 Å². The van der Waals surface area contributed by atoms with E-state index in [4.69, 9.17) is 5.73 Å². The molecule has 2 heterocycles. The quantitative estimate of drug-likeness (QED) is 0.714. The Morgan fingerprint density at radius 2 is 2.10 bits per heavy atom. The summed E-state index contributed by atoms with van der Waals surface area (Å²) in [5.41, 5.74) is 6.21. The van der Waals surface area contributed by atoms with E-state index in [0.29, 0.717) is 18.2 Å². The van der Waals surface area contributed by atoms with Crippen LogP contribution in [0.5, 0.6) is 0 Å². The lowest BCUT2D eigenvalue weighted by molar-refractivity contribution is 0.407. The lowest BCUT2D eigenvalue weighted by Crippen LogP contribution is -2.38. The van der Waals surface area contributed by atoms with Gasteiger partial charge in [-0.15, -0.1) is 11.3 Å². The summed E-state index contributed by atoms with van der Waals surface area (Å²) >= 11 is 1.58. The van der Waals surface area contributed by atoms with Gasteiger partial charge in [-0.1, -0.05) is 6.92 Å². The van der Waals surface area contributed by atoms with Gasteiger partial charge < -0.3 is 10.8 Å². The first kappa shape index (κ1) is 18.8. The molecule has 3 aliphatic rings. The molecule has 1 saturated carbocycles. The standard InChI is InChI=1S/C21H24FN3O3S/c1-9-15(14-7-11-6-10(8-23)2-5-13(11)29-14)17(22)19(26)16-18(9)25(12-3-4-12)21(28)24-20(16)27/h7,9-10,12,15,26H,2-6,8,23H2,1H3,(H,24,27,28). The number of hydrogen-bond acceptors (Lipinski definition) is 5. The normalized spacial score (nSPS) is 26.4. The molecule has 0 aromatic carbocycles. The number of fused-ring (bicyclic) bond motifs is 2. The Morgan fingerprint density at radius 1 is 1.34 bits per heavy atom. The number of H-pyrrole nitrogens is 1. The summed E-state index contributed by atoms with van der Waals surface area (Å²) in [5.74, 6) is -2.00. The molecule has 3 unspecified atom stereocenters. The maximum atomic E-state index is 15.4. The minimum atomic E-state index is -0.726. The molecule has 0 saturated heterocycles. The average molecular weight is 418 g/mol. The Morgan fingerprint density at radius 3 is 2.79 bits per heavy atom. The molecule has 0 amide bonds. The van der Waals surface area contributed by atoms with Gasteiger partial charge in [0.15, 0.2) is 11.6 Å². The number of aliphatic hydroxyl groups is 1. The number of nitrogens with one attached hydrogen (secondary N) is 1. The van der Waals surface area contributed by atoms with Crippen molar-refractivity contribution in [3.63, 3.8) is 0 Å². The van der Waals surface area contributed by atoms with Gasteiger partial charge in [0.25, 0.3) is 5.56 Å². The summed E-state index contributed by atoms with van der Waals surface area (Å²) in [5, 5.41) is 10.6. The Kier molecular flexibility index (Phi) is 4.33. The van der Waals surface area contributed by atoms with E-state index in [2.05, 4.69) is 4.98 Å². The fourth-order valence-electron chi connectivity index (χ4n) is 4.93. The summed E-state index contributed by atoms with van der Waals surface area (Å²) in [6.45, 7) is 2.48. The van der Waals surface area contributed by atoms with Crippen LogP contribution in [0, 0.1) is 5.92 Å². The SMILES string of the molecule is CC1c2c(c(=O)[nH]c(=O)n2C2CC2)C(O)=C(F)C1c1cc2c(s1)CCC(CN)C2. The van der Waals surface area contributed by atoms with E-state index in [1.54, 1.807) is 15.9 Å². The molecule has 1 fully saturated rings. The number of aromatic nitrogens is 2. The second-order valence-electron chi connectivity index (χ2n) is 8.53. The molecule has 154 valence electrons. The first-order valence-electron chi connectivity index (χ1n) is 10.2. The predicted molar refractivity (Wildman–Crippen MR) is 110 cm³/mol. The summed E-state index contributed by atoms with van der Waals surface area (Å²) in [6, 6.07) is 2.04. The predicted octanol–water partition coefficient (Wildman–Crippen LogP) is 3.09. The molecule has 4 N–H and O–H groups in total. The third-order valence-electron chi connectivity index (χ3n) is 6.61. The maximum Gasteiger partial charge on any atom is 0.328 e. The van der Waals surface area contributed by atoms with Crippen LogP contribution in [0.25, 0.3) is 5.76 Å². The fourth-order valence-corrected chi connectivity index (χ4v) is 6.34. The van der Waals surface area contributed by atoms with Crippen LogP contribution in [-0.2, 0) is 12.8 Å². The summed E-state index contributed by atoms with van der Waals surface area (Å²) in [4.78, 5) is 29.3. The van der Waals surface area contributed by atoms with Crippen LogP contribution in [0.3, 0.4) is 0 Å². The molecule has 5 rings (SSSR count). The van der Waals surface area contributed by atoms with Gasteiger partial charge in [0.2, 0.25) is 0 Å². The van der Waals surface area contributed by atoms with Crippen molar-refractivity contribution < 1.29 is 9.50 Å². The molecule has 0 bridgehead atoms. The van der Waals surface area contributed by atoms with Gasteiger partial charge in [0.1, 0.15) is 5.56 Å². The van der Waals surface area contributed by atoms with Gasteiger partial charge in [0.05, 0.1) is 5.92 Å². The van der Waals surface area contributed by atoms with Crippen LogP contribution in [-0.4, -0.2) is 21.2 Å². The smallest absolute Gasteiger partial charge is 0.328 e. The van der Waals surface area contributed by atoms with Gasteiger partial charge >= 0.3 is 5.69 Å². The molecule has 0 aliphatic heterocycles. The number of nitrogens with zero attached hydrogens (tertiary/aromatic N) is 1. The second kappa shape index (κ2) is 6.67. The van der Waals surface area contributed by atoms with Crippen molar-refractivity contribution in [3.05, 3.63) is 59.3 Å². The highest BCUT2D eigenvalue weighted by molar-refractivity contribution is 7.12. The minimum absolute atomic E-state index is 0.00650. The molecule has 3 atom stereocenters. The number of hydrogen-bond donors (Lipinski definition) is 3. The molecule has 0 radical (unpaired) electrons. The van der Waals surface area contributed by atoms with Crippen LogP contribution in [0.4, 0.5) is 4.39 Å². The van der Waals surface area contributed by atoms with E-state index < -0.39 is 34.7 Å². The first-order chi connectivity index (χ1) is 13.9. The Hall–Kier alpha value is -2.19. The summed E-state index contributed by atoms with van der Waals surface area (Å²) in [7, 11) is 0. The molecule has 29 heavy (non-hydrogen) atoms. The van der Waals surface area contributed by atoms with E-state index in [9.17, 15) is 14.7 Å². The number of allylic oxidation sites excluding steroid dienone is 1. The monoisotopic (exact) mass is 417 g/mol. The zero-order valence-electron chi connectivity index (χ0n) is 16.2. The van der Waals surface area contributed by atoms with E-state index in [1.807, 2.05) is 13.0 Å². The maximum absolute atomic E-state index is 15.4. The van der Waals surface area contributed by atoms with Crippen molar-refractivity contribution in [2.24, 2.45) is 11.7 Å². The van der Waals surface area contributed by atoms with Gasteiger partial charge in [-0.05, 0) is 56.2 Å². The van der Waals surface area contributed by atoms with E-state index >= 15 is 4.39 Å². The number of nitrogens with two attached hydrogens (primary N) is 1. The minimum Gasteiger partial charge on any atom is -0.504 e. The van der Waals surface area contributed by atoms with E-state index in [0.717, 1.165) is 37.0 Å². The number of aromatic amines is 1. The average Bonchev–Trinajstić information content (AvgIpc) is 3.43. The second-order valence-corrected chi connectivity index (χ2v) is 9.69. The van der Waals surface area contributed by atoms with Crippen molar-refractivity contribution in [3.8, 4) is 0 Å². The van der Waals surface area contributed by atoms with Gasteiger partial charge in [0, 0.05) is 27.4 Å². The molecular formula is C21H24FN3O3S. The molecule has 3 aliphatic carbocycles. The van der Waals surface area contributed by atoms with Crippen LogP contribution in [0.1, 0.15) is 70.6 Å². The van der Waals surface area contributed by atoms with Crippen molar-refractivity contribution in [1.82, 2.24) is 9.55 Å². The van der Waals surface area contributed by atoms with Crippen molar-refractivity contribution in [2.45, 2.75) is 56.9 Å². The molecular weight excluding hydrogens is 393 g/mol. The number of thiophene rings is 1. The highest BCUT2D eigenvalue weighted by Crippen LogP contribution is 2.50. The summed E-state index contributed by atoms with van der Waals surface area (Å²) < 4.78 is 16.9. The summed E-state index contributed by atoms with van der Waals surface area (Å²) in [6.07, 6.45) is 4.55. The number of aliphatic hydroxyl groups excluding tert-OH is 1. The lowest BCUT2D eigenvalue weighted by Gasteiger charge is -2.31. The number of rotatable bonds is 3. The van der Waals surface area contributed by atoms with Gasteiger partial charge in [-0.2, -0.15) is 0 Å². The zero-order chi connectivity index (χ0) is 20.4. The Bertz CT molecular complexity index is 1140. The van der Waals surface area contributed by atoms with Crippen LogP contribution in [0.15, 0.2) is 21.5 Å². The molecule has 2 aromatic heterocycles. The van der Waals surface area contributed by atoms with Gasteiger partial charge in [-0.25, -0.2) is 9.18 Å². The van der Waals surface area contributed by atoms with E-state index in [-0.39, 0.29) is 11.6 Å². The molecule has 6 nitrogen and oxygen atoms in total. The largest absolute Gasteiger partial charge is 0.504 e. The first-order valence-corrected chi connectivity index (χ1v) is 11.0. The highest BCUT2D eigenvalue weighted by Gasteiger charge is 2.42. The van der Waals surface area contributed by atoms with Crippen LogP contribution < -0.4 is 17.0 Å². The number of aryl methyl sites for hydroxylation is 1. The van der Waals surface area contributed by atoms with Crippen LogP contribution in [0.2, 0.25) is 0 Å². The third kappa shape index (κ3) is 2.84. The van der Waals surface area contributed by atoms with Crippen LogP contribution >= 0.6 is 11.3 Å². The highest BCUT2D eigenvalue weighted by atomic mass is 32.1. The van der Waals surface area contributed by atoms with Crippen molar-refractivity contribution >= 4 is 17.1 Å².